The molecule has 3 heteroatoms. The molecule has 0 unspecified atom stereocenters. The van der Waals surface area contributed by atoms with Crippen LogP contribution in [0, 0.1) is 0 Å². The zero-order chi connectivity index (χ0) is 16.2. The lowest BCUT2D eigenvalue weighted by atomic mass is 10.0. The number of rotatable bonds is 4. The van der Waals surface area contributed by atoms with E-state index < -0.39 is 0 Å². The first-order valence-electron chi connectivity index (χ1n) is 7.48. The van der Waals surface area contributed by atoms with Gasteiger partial charge in [0.15, 0.2) is 6.29 Å². The molecule has 3 aromatic carbocycles. The lowest BCUT2D eigenvalue weighted by Crippen LogP contribution is -2.07. The molecule has 0 saturated heterocycles. The molecule has 3 rings (SSSR count). The molecule has 0 atom stereocenters. The summed E-state index contributed by atoms with van der Waals surface area (Å²) in [5.74, 6) is 0. The van der Waals surface area contributed by atoms with Gasteiger partial charge in [-0.15, -0.1) is 0 Å². The fraction of sp³-hybridized carbons (Fsp3) is 0.100. The van der Waals surface area contributed by atoms with Gasteiger partial charge in [0.2, 0.25) is 0 Å². The van der Waals surface area contributed by atoms with Crippen molar-refractivity contribution >= 4 is 34.1 Å². The van der Waals surface area contributed by atoms with Gasteiger partial charge in [0, 0.05) is 25.3 Å². The summed E-state index contributed by atoms with van der Waals surface area (Å²) in [7, 11) is 3.98. The topological polar surface area (TPSA) is 32.7 Å². The van der Waals surface area contributed by atoms with Gasteiger partial charge in [0.25, 0.3) is 0 Å². The van der Waals surface area contributed by atoms with Gasteiger partial charge in [0.05, 0.1) is 5.69 Å². The number of carbonyl (C=O) groups excluding carboxylic acids is 1. The van der Waals surface area contributed by atoms with E-state index in [1.807, 2.05) is 79.7 Å². The molecule has 0 saturated carbocycles. The van der Waals surface area contributed by atoms with Crippen LogP contribution in [0.25, 0.3) is 10.8 Å². The molecule has 0 aliphatic rings. The molecule has 0 spiro atoms. The zero-order valence-corrected chi connectivity index (χ0v) is 13.2. The first-order chi connectivity index (χ1) is 11.2. The van der Waals surface area contributed by atoms with Crippen molar-refractivity contribution in [3.05, 3.63) is 72.3 Å². The molecular weight excluding hydrogens is 284 g/mol. The number of aliphatic imine (C=N–C) groups is 1. The monoisotopic (exact) mass is 302 g/mol. The molecule has 0 N–H and O–H groups in total. The molecule has 0 aromatic heterocycles. The lowest BCUT2D eigenvalue weighted by molar-refractivity contribution is -0.102. The fourth-order valence-electron chi connectivity index (χ4n) is 2.47. The molecule has 0 amide bonds. The number of carbonyl (C=O) groups is 1. The van der Waals surface area contributed by atoms with E-state index in [0.717, 1.165) is 34.0 Å². The molecule has 0 aliphatic carbocycles. The van der Waals surface area contributed by atoms with Crippen LogP contribution in [0.15, 0.2) is 71.7 Å². The van der Waals surface area contributed by atoms with Gasteiger partial charge in [-0.2, -0.15) is 0 Å². The molecule has 0 aliphatic heterocycles. The molecular formula is C20H18N2O. The summed E-state index contributed by atoms with van der Waals surface area (Å²) in [5.41, 5.74) is 3.14. The number of hydrogen-bond donors (Lipinski definition) is 0. The van der Waals surface area contributed by atoms with E-state index in [9.17, 15) is 4.79 Å². The summed E-state index contributed by atoms with van der Waals surface area (Å²) in [6.45, 7) is 0. The van der Waals surface area contributed by atoms with E-state index in [-0.39, 0.29) is 0 Å². The summed E-state index contributed by atoms with van der Waals surface area (Å²) in [6, 6.07) is 21.8. The Morgan fingerprint density at radius 2 is 1.61 bits per heavy atom. The van der Waals surface area contributed by atoms with Crippen LogP contribution in [0.2, 0.25) is 0 Å². The molecule has 0 fully saturated rings. The second-order valence-electron chi connectivity index (χ2n) is 5.59. The number of hydrogen-bond acceptors (Lipinski definition) is 3. The van der Waals surface area contributed by atoms with Crippen LogP contribution in [0.4, 0.5) is 11.4 Å². The van der Waals surface area contributed by atoms with Crippen molar-refractivity contribution in [1.29, 1.82) is 0 Å². The van der Waals surface area contributed by atoms with Crippen LogP contribution in [-0.4, -0.2) is 26.1 Å². The minimum atomic E-state index is 0.438. The second kappa shape index (κ2) is 6.44. The van der Waals surface area contributed by atoms with Crippen LogP contribution in [0.1, 0.15) is 5.56 Å². The van der Waals surface area contributed by atoms with Crippen LogP contribution < -0.4 is 4.90 Å². The third kappa shape index (κ3) is 3.29. The largest absolute Gasteiger partial charge is 0.378 e. The van der Waals surface area contributed by atoms with Crippen LogP contribution in [0.3, 0.4) is 0 Å². The van der Waals surface area contributed by atoms with E-state index in [2.05, 4.69) is 11.1 Å². The highest BCUT2D eigenvalue weighted by Crippen LogP contribution is 2.20. The molecule has 3 aromatic rings. The summed E-state index contributed by atoms with van der Waals surface area (Å²) in [5, 5.41) is 2.25. The highest BCUT2D eigenvalue weighted by atomic mass is 16.1. The standard InChI is InChI=1S/C20H18N2O/c1-22(2)19-11-9-18(10-12-19)21-20(14-23)17-8-7-15-5-3-4-6-16(15)13-17/h3-14H,1-2H3. The van der Waals surface area contributed by atoms with Crippen LogP contribution in [-0.2, 0) is 4.79 Å². The smallest absolute Gasteiger partial charge is 0.169 e. The van der Waals surface area contributed by atoms with Gasteiger partial charge in [-0.25, -0.2) is 4.99 Å². The summed E-state index contributed by atoms with van der Waals surface area (Å²) < 4.78 is 0. The van der Waals surface area contributed by atoms with Gasteiger partial charge < -0.3 is 4.90 Å². The van der Waals surface area contributed by atoms with E-state index in [4.69, 9.17) is 0 Å². The molecule has 0 heterocycles. The Morgan fingerprint density at radius 3 is 2.26 bits per heavy atom. The minimum Gasteiger partial charge on any atom is -0.378 e. The van der Waals surface area contributed by atoms with Crippen molar-refractivity contribution in [3.63, 3.8) is 0 Å². The van der Waals surface area contributed by atoms with Gasteiger partial charge in [0.1, 0.15) is 5.71 Å². The van der Waals surface area contributed by atoms with Crippen LogP contribution in [0.5, 0.6) is 0 Å². The first kappa shape index (κ1) is 15.0. The Labute approximate surface area is 135 Å². The summed E-state index contributed by atoms with van der Waals surface area (Å²) in [4.78, 5) is 18.0. The highest BCUT2D eigenvalue weighted by Gasteiger charge is 2.04. The lowest BCUT2D eigenvalue weighted by Gasteiger charge is -2.11. The molecule has 0 radical (unpaired) electrons. The Morgan fingerprint density at radius 1 is 0.913 bits per heavy atom. The Bertz CT molecular complexity index is 864. The van der Waals surface area contributed by atoms with Crippen LogP contribution >= 0.6 is 0 Å². The van der Waals surface area contributed by atoms with E-state index in [0.29, 0.717) is 5.71 Å². The Kier molecular flexibility index (Phi) is 4.20. The average Bonchev–Trinajstić information content (AvgIpc) is 2.59. The van der Waals surface area contributed by atoms with Gasteiger partial charge in [-0.3, -0.25) is 4.79 Å². The number of nitrogens with zero attached hydrogens (tertiary/aromatic N) is 2. The number of benzene rings is 3. The summed E-state index contributed by atoms with van der Waals surface area (Å²) in [6.07, 6.45) is 0.809. The second-order valence-corrected chi connectivity index (χ2v) is 5.59. The van der Waals surface area contributed by atoms with E-state index >= 15 is 0 Å². The maximum atomic E-state index is 11.5. The van der Waals surface area contributed by atoms with Crippen molar-refractivity contribution < 1.29 is 4.79 Å². The first-order valence-corrected chi connectivity index (χ1v) is 7.48. The predicted octanol–water partition coefficient (Wildman–Crippen LogP) is 4.23. The fourth-order valence-corrected chi connectivity index (χ4v) is 2.47. The third-order valence-corrected chi connectivity index (χ3v) is 3.77. The normalized spacial score (nSPS) is 11.5. The molecule has 0 bridgehead atoms. The minimum absolute atomic E-state index is 0.438. The zero-order valence-electron chi connectivity index (χ0n) is 13.2. The van der Waals surface area contributed by atoms with Crippen molar-refractivity contribution in [2.24, 2.45) is 4.99 Å². The maximum absolute atomic E-state index is 11.5. The number of fused-ring (bicyclic) bond motifs is 1. The predicted molar refractivity (Wildman–Crippen MR) is 97.0 cm³/mol. The number of aldehydes is 1. The molecule has 3 nitrogen and oxygen atoms in total. The quantitative estimate of drug-likeness (QED) is 0.534. The summed E-state index contributed by atoms with van der Waals surface area (Å²) >= 11 is 0. The van der Waals surface area contributed by atoms with Crippen molar-refractivity contribution in [2.75, 3.05) is 19.0 Å². The van der Waals surface area contributed by atoms with Crippen molar-refractivity contribution in [1.82, 2.24) is 0 Å². The Balaban J connectivity index is 1.98. The third-order valence-electron chi connectivity index (χ3n) is 3.77. The Hall–Kier alpha value is -2.94. The average molecular weight is 302 g/mol. The number of anilines is 1. The maximum Gasteiger partial charge on any atom is 0.169 e. The molecule has 23 heavy (non-hydrogen) atoms. The highest BCUT2D eigenvalue weighted by molar-refractivity contribution is 6.37. The van der Waals surface area contributed by atoms with Gasteiger partial charge >= 0.3 is 0 Å². The van der Waals surface area contributed by atoms with E-state index in [1.54, 1.807) is 0 Å². The van der Waals surface area contributed by atoms with E-state index in [1.165, 1.54) is 0 Å². The van der Waals surface area contributed by atoms with Gasteiger partial charge in [-0.05, 0) is 41.1 Å². The van der Waals surface area contributed by atoms with Crippen molar-refractivity contribution in [3.8, 4) is 0 Å². The van der Waals surface area contributed by atoms with Crippen molar-refractivity contribution in [2.45, 2.75) is 0 Å². The SMILES string of the molecule is CN(C)c1ccc(N=C(C=O)c2ccc3ccccc3c2)cc1. The molecule has 114 valence electrons. The van der Waals surface area contributed by atoms with Gasteiger partial charge in [-0.1, -0.05) is 36.4 Å².